The zero-order chi connectivity index (χ0) is 31.6. The van der Waals surface area contributed by atoms with E-state index in [9.17, 15) is 14.0 Å². The van der Waals surface area contributed by atoms with E-state index >= 15 is 0 Å². The fraction of sp³-hybridized carbons (Fsp3) is 0.314. The van der Waals surface area contributed by atoms with Crippen LogP contribution in [0.2, 0.25) is 0 Å². The molecule has 0 radical (unpaired) electrons. The molecule has 2 aliphatic heterocycles. The third-order valence-corrected chi connectivity index (χ3v) is 8.29. The fourth-order valence-corrected chi connectivity index (χ4v) is 5.96. The molecular weight excluding hydrogens is 573 g/mol. The van der Waals surface area contributed by atoms with Gasteiger partial charge in [-0.25, -0.2) is 19.2 Å². The van der Waals surface area contributed by atoms with E-state index in [1.54, 1.807) is 11.1 Å². The van der Waals surface area contributed by atoms with Crippen molar-refractivity contribution in [1.29, 1.82) is 0 Å². The number of halogens is 1. The summed E-state index contributed by atoms with van der Waals surface area (Å²) >= 11 is 0. The number of amides is 2. The first-order chi connectivity index (χ1) is 21.6. The number of likely N-dealkylation sites (tertiary alicyclic amines) is 1. The summed E-state index contributed by atoms with van der Waals surface area (Å²) in [5.74, 6) is -0.460. The van der Waals surface area contributed by atoms with Crippen LogP contribution in [-0.4, -0.2) is 52.1 Å². The predicted molar refractivity (Wildman–Crippen MR) is 168 cm³/mol. The Balaban J connectivity index is 1.27. The number of piperidine rings is 1. The molecule has 1 unspecified atom stereocenters. The number of nitrogens with zero attached hydrogens (tertiary/aromatic N) is 4. The van der Waals surface area contributed by atoms with E-state index in [4.69, 9.17) is 9.47 Å². The molecule has 232 valence electrons. The highest BCUT2D eigenvalue weighted by Gasteiger charge is 2.51. The second-order valence-electron chi connectivity index (χ2n) is 12.5. The van der Waals surface area contributed by atoms with Crippen LogP contribution in [0.4, 0.5) is 20.6 Å². The van der Waals surface area contributed by atoms with E-state index in [1.165, 1.54) is 29.4 Å². The summed E-state index contributed by atoms with van der Waals surface area (Å²) < 4.78 is 26.7. The quantitative estimate of drug-likeness (QED) is 0.250. The van der Waals surface area contributed by atoms with Gasteiger partial charge in [-0.15, -0.1) is 0 Å². The summed E-state index contributed by atoms with van der Waals surface area (Å²) in [7, 11) is 0. The molecule has 2 saturated heterocycles. The summed E-state index contributed by atoms with van der Waals surface area (Å²) in [6.07, 6.45) is 4.25. The van der Waals surface area contributed by atoms with Gasteiger partial charge in [0.15, 0.2) is 5.75 Å². The number of carbonyl (C=O) groups is 2. The maximum atomic E-state index is 14.7. The highest BCUT2D eigenvalue weighted by Crippen LogP contribution is 2.50. The maximum Gasteiger partial charge on any atom is 0.410 e. The summed E-state index contributed by atoms with van der Waals surface area (Å²) in [6, 6.07) is 22.2. The van der Waals surface area contributed by atoms with Gasteiger partial charge in [-0.05, 0) is 76.1 Å². The van der Waals surface area contributed by atoms with Gasteiger partial charge >= 0.3 is 6.09 Å². The van der Waals surface area contributed by atoms with E-state index in [0.717, 1.165) is 19.4 Å². The molecule has 6 rings (SSSR count). The Bertz CT molecular complexity index is 1630. The lowest BCUT2D eigenvalue weighted by Gasteiger charge is -2.54. The SMILES string of the molecule is CC(C)(C)OC(=O)N1CCC2(CC1)CNC2c1ncncc1Oc1ccc(F)cc1C(=O)N(c1ccccc1)c1ccccc1. The van der Waals surface area contributed by atoms with Crippen molar-refractivity contribution in [2.75, 3.05) is 24.5 Å². The smallest absolute Gasteiger partial charge is 0.410 e. The van der Waals surface area contributed by atoms with Gasteiger partial charge in [-0.2, -0.15) is 0 Å². The molecule has 1 spiro atoms. The number of rotatable bonds is 6. The van der Waals surface area contributed by atoms with Gasteiger partial charge in [0.2, 0.25) is 0 Å². The van der Waals surface area contributed by atoms with Crippen LogP contribution in [0, 0.1) is 11.2 Å². The molecule has 4 aromatic rings. The minimum Gasteiger partial charge on any atom is -0.453 e. The molecule has 2 amide bonds. The standard InChI is InChI=1S/C35H36FN5O4/c1-34(2,3)45-33(43)40-18-16-35(17-19-40)22-38-31(35)30-29(21-37-23-39-30)44-28-15-14-24(36)20-27(28)32(42)41(25-10-6-4-7-11-25)26-12-8-5-9-13-26/h4-15,20-21,23,31,38H,16-19,22H2,1-3H3. The van der Waals surface area contributed by atoms with Gasteiger partial charge in [0, 0.05) is 36.4 Å². The van der Waals surface area contributed by atoms with Crippen molar-refractivity contribution in [3.05, 3.63) is 108 Å². The summed E-state index contributed by atoms with van der Waals surface area (Å²) in [6.45, 7) is 7.49. The molecule has 0 aliphatic carbocycles. The van der Waals surface area contributed by atoms with Crippen LogP contribution in [0.15, 0.2) is 91.4 Å². The number of anilines is 2. The van der Waals surface area contributed by atoms with Crippen LogP contribution in [0.25, 0.3) is 0 Å². The van der Waals surface area contributed by atoms with Crippen LogP contribution < -0.4 is 15.0 Å². The Labute approximate surface area is 262 Å². The number of nitrogens with one attached hydrogen (secondary N) is 1. The number of aromatic nitrogens is 2. The molecule has 0 saturated carbocycles. The Kier molecular flexibility index (Phi) is 8.24. The monoisotopic (exact) mass is 609 g/mol. The molecule has 1 aromatic heterocycles. The first-order valence-corrected chi connectivity index (χ1v) is 15.1. The van der Waals surface area contributed by atoms with Crippen molar-refractivity contribution in [3.63, 3.8) is 0 Å². The summed E-state index contributed by atoms with van der Waals surface area (Å²) in [4.78, 5) is 39.0. The normalized spacial score (nSPS) is 17.3. The number of hydrogen-bond donors (Lipinski definition) is 1. The van der Waals surface area contributed by atoms with Crippen LogP contribution >= 0.6 is 0 Å². The second-order valence-corrected chi connectivity index (χ2v) is 12.5. The van der Waals surface area contributed by atoms with Crippen LogP contribution in [0.3, 0.4) is 0 Å². The largest absolute Gasteiger partial charge is 0.453 e. The molecule has 1 N–H and O–H groups in total. The predicted octanol–water partition coefficient (Wildman–Crippen LogP) is 7.05. The number of ether oxygens (including phenoxy) is 2. The van der Waals surface area contributed by atoms with Gasteiger partial charge in [-0.3, -0.25) is 9.69 Å². The molecule has 0 bridgehead atoms. The third kappa shape index (κ3) is 6.37. The third-order valence-electron chi connectivity index (χ3n) is 8.29. The van der Waals surface area contributed by atoms with Crippen molar-refractivity contribution in [3.8, 4) is 11.5 Å². The molecule has 3 aromatic carbocycles. The molecule has 45 heavy (non-hydrogen) atoms. The molecule has 10 heteroatoms. The lowest BCUT2D eigenvalue weighted by atomic mass is 9.65. The first-order valence-electron chi connectivity index (χ1n) is 15.1. The average Bonchev–Trinajstić information content (AvgIpc) is 3.02. The van der Waals surface area contributed by atoms with Crippen molar-refractivity contribution in [2.45, 2.75) is 45.3 Å². The average molecular weight is 610 g/mol. The van der Waals surface area contributed by atoms with Crippen molar-refractivity contribution >= 4 is 23.4 Å². The number of carbonyl (C=O) groups excluding carboxylic acids is 2. The molecule has 2 fully saturated rings. The van der Waals surface area contributed by atoms with Gasteiger partial charge < -0.3 is 19.7 Å². The summed E-state index contributed by atoms with van der Waals surface area (Å²) in [5, 5.41) is 3.50. The van der Waals surface area contributed by atoms with Gasteiger partial charge in [0.05, 0.1) is 17.8 Å². The van der Waals surface area contributed by atoms with E-state index in [1.807, 2.05) is 81.4 Å². The molecule has 3 heterocycles. The topological polar surface area (TPSA) is 96.9 Å². The molecule has 1 atom stereocenters. The molecular formula is C35H36FN5O4. The second kappa shape index (κ2) is 12.3. The zero-order valence-electron chi connectivity index (χ0n) is 25.6. The highest BCUT2D eigenvalue weighted by atomic mass is 19.1. The van der Waals surface area contributed by atoms with E-state index < -0.39 is 17.3 Å². The van der Waals surface area contributed by atoms with Crippen molar-refractivity contribution in [1.82, 2.24) is 20.2 Å². The van der Waals surface area contributed by atoms with Crippen LogP contribution in [0.1, 0.15) is 55.7 Å². The lowest BCUT2D eigenvalue weighted by molar-refractivity contribution is -0.0195. The minimum atomic E-state index is -0.562. The van der Waals surface area contributed by atoms with E-state index in [0.29, 0.717) is 35.9 Å². The van der Waals surface area contributed by atoms with E-state index in [2.05, 4.69) is 15.3 Å². The molecule has 9 nitrogen and oxygen atoms in total. The van der Waals surface area contributed by atoms with Gasteiger partial charge in [0.25, 0.3) is 5.91 Å². The Morgan fingerprint density at radius 3 is 2.18 bits per heavy atom. The Morgan fingerprint density at radius 2 is 1.60 bits per heavy atom. The highest BCUT2D eigenvalue weighted by molar-refractivity contribution is 6.12. The van der Waals surface area contributed by atoms with Gasteiger partial charge in [-0.1, -0.05) is 36.4 Å². The molecule has 2 aliphatic rings. The maximum absolute atomic E-state index is 14.7. The number of hydrogen-bond acceptors (Lipinski definition) is 7. The van der Waals surface area contributed by atoms with Crippen LogP contribution in [-0.2, 0) is 4.74 Å². The minimum absolute atomic E-state index is 0.0551. The van der Waals surface area contributed by atoms with Gasteiger partial charge in [0.1, 0.15) is 29.2 Å². The Hall–Kier alpha value is -4.83. The Morgan fingerprint density at radius 1 is 0.956 bits per heavy atom. The number of benzene rings is 3. The number of para-hydroxylation sites is 2. The lowest BCUT2D eigenvalue weighted by Crippen LogP contribution is -2.61. The van der Waals surface area contributed by atoms with Crippen molar-refractivity contribution < 1.29 is 23.5 Å². The van der Waals surface area contributed by atoms with E-state index in [-0.39, 0.29) is 28.9 Å². The zero-order valence-corrected chi connectivity index (χ0v) is 25.6. The summed E-state index contributed by atoms with van der Waals surface area (Å²) in [5.41, 5.74) is 1.27. The first kappa shape index (κ1) is 30.2. The fourth-order valence-electron chi connectivity index (χ4n) is 5.96. The van der Waals surface area contributed by atoms with Crippen molar-refractivity contribution in [2.24, 2.45) is 5.41 Å². The van der Waals surface area contributed by atoms with Crippen LogP contribution in [0.5, 0.6) is 11.5 Å².